The minimum Gasteiger partial charge on any atom is -0.457 e. The summed E-state index contributed by atoms with van der Waals surface area (Å²) in [6.45, 7) is 5.06. The molecule has 0 saturated carbocycles. The van der Waals surface area contributed by atoms with Crippen molar-refractivity contribution in [3.05, 3.63) is 60.4 Å². The average molecular weight is 451 g/mol. The average Bonchev–Trinajstić information content (AvgIpc) is 3.44. The summed E-state index contributed by atoms with van der Waals surface area (Å²) in [5.74, 6) is 1.54. The Hall–Kier alpha value is -3.92. The number of thiazole rings is 1. The van der Waals surface area contributed by atoms with E-state index < -0.39 is 0 Å². The molecule has 4 rings (SSSR count). The Morgan fingerprint density at radius 1 is 1.03 bits per heavy atom. The summed E-state index contributed by atoms with van der Waals surface area (Å²) < 4.78 is 7.48. The van der Waals surface area contributed by atoms with Gasteiger partial charge < -0.3 is 9.64 Å². The first-order chi connectivity index (χ1) is 15.6. The van der Waals surface area contributed by atoms with E-state index in [1.54, 1.807) is 47.1 Å². The van der Waals surface area contributed by atoms with Crippen LogP contribution in [0.5, 0.6) is 11.5 Å². The van der Waals surface area contributed by atoms with E-state index in [0.717, 1.165) is 10.9 Å². The van der Waals surface area contributed by atoms with Crippen molar-refractivity contribution in [3.63, 3.8) is 0 Å². The molecule has 3 amide bonds. The molecule has 0 atom stereocenters. The number of nitrogens with zero attached hydrogens (tertiary/aromatic N) is 4. The van der Waals surface area contributed by atoms with Crippen LogP contribution in [-0.4, -0.2) is 44.6 Å². The first-order valence-corrected chi connectivity index (χ1v) is 11.0. The van der Waals surface area contributed by atoms with Gasteiger partial charge in [-0.05, 0) is 44.2 Å². The number of fused-ring (bicyclic) bond motifs is 1. The SMILES string of the molecule is CCN(CC)C(=O)Nc1cc(Oc2ccc3c(ccn3C(=O)Nc3nccs3)c2)ccn1. The van der Waals surface area contributed by atoms with Crippen LogP contribution in [0.1, 0.15) is 13.8 Å². The zero-order valence-electron chi connectivity index (χ0n) is 17.6. The summed E-state index contributed by atoms with van der Waals surface area (Å²) >= 11 is 1.36. The maximum atomic E-state index is 12.5. The van der Waals surface area contributed by atoms with Crippen LogP contribution in [0.15, 0.2) is 60.4 Å². The molecule has 0 spiro atoms. The largest absolute Gasteiger partial charge is 0.457 e. The Morgan fingerprint density at radius 2 is 1.84 bits per heavy atom. The fraction of sp³-hybridized carbons (Fsp3) is 0.182. The van der Waals surface area contributed by atoms with Gasteiger partial charge in [-0.3, -0.25) is 15.2 Å². The number of hydrogen-bond acceptors (Lipinski definition) is 6. The molecule has 9 nitrogen and oxygen atoms in total. The molecule has 0 bridgehead atoms. The highest BCUT2D eigenvalue weighted by Gasteiger charge is 2.13. The molecule has 3 aromatic heterocycles. The predicted octanol–water partition coefficient (Wildman–Crippen LogP) is 5.24. The van der Waals surface area contributed by atoms with E-state index in [1.807, 2.05) is 32.0 Å². The number of pyridine rings is 1. The number of rotatable bonds is 6. The molecule has 0 unspecified atom stereocenters. The second kappa shape index (κ2) is 9.48. The first kappa shape index (κ1) is 21.3. The topological polar surface area (TPSA) is 101 Å². The van der Waals surface area contributed by atoms with Gasteiger partial charge in [-0.1, -0.05) is 0 Å². The fourth-order valence-electron chi connectivity index (χ4n) is 3.18. The van der Waals surface area contributed by atoms with Crippen LogP contribution in [0.3, 0.4) is 0 Å². The summed E-state index contributed by atoms with van der Waals surface area (Å²) in [5.41, 5.74) is 0.744. The van der Waals surface area contributed by atoms with Crippen molar-refractivity contribution in [2.24, 2.45) is 0 Å². The Bertz CT molecular complexity index is 1230. The van der Waals surface area contributed by atoms with Gasteiger partial charge in [0.1, 0.15) is 17.3 Å². The summed E-state index contributed by atoms with van der Waals surface area (Å²) in [5, 5.41) is 8.73. The quantitative estimate of drug-likeness (QED) is 0.418. The smallest absolute Gasteiger partial charge is 0.332 e. The number of carbonyl (C=O) groups excluding carboxylic acids is 2. The first-order valence-electron chi connectivity index (χ1n) is 10.1. The van der Waals surface area contributed by atoms with Crippen LogP contribution in [0.25, 0.3) is 10.9 Å². The molecule has 1 aromatic carbocycles. The van der Waals surface area contributed by atoms with Gasteiger partial charge in [-0.15, -0.1) is 11.3 Å². The number of carbonyl (C=O) groups is 2. The van der Waals surface area contributed by atoms with Crippen LogP contribution in [0.2, 0.25) is 0 Å². The number of aromatic nitrogens is 3. The van der Waals surface area contributed by atoms with Gasteiger partial charge in [0.05, 0.1) is 5.52 Å². The minimum absolute atomic E-state index is 0.210. The van der Waals surface area contributed by atoms with Gasteiger partial charge in [0, 0.05) is 48.5 Å². The Kier molecular flexibility index (Phi) is 6.31. The van der Waals surface area contributed by atoms with E-state index in [-0.39, 0.29) is 12.1 Å². The molecule has 4 aromatic rings. The number of ether oxygens (including phenoxy) is 1. The van der Waals surface area contributed by atoms with E-state index in [9.17, 15) is 9.59 Å². The fourth-order valence-corrected chi connectivity index (χ4v) is 3.70. The van der Waals surface area contributed by atoms with Crippen LogP contribution >= 0.6 is 11.3 Å². The maximum Gasteiger partial charge on any atom is 0.332 e. The molecule has 0 aliphatic carbocycles. The summed E-state index contributed by atoms with van der Waals surface area (Å²) in [6.07, 6.45) is 4.91. The number of hydrogen-bond donors (Lipinski definition) is 2. The van der Waals surface area contributed by atoms with Gasteiger partial charge >= 0.3 is 12.1 Å². The molecular weight excluding hydrogens is 428 g/mol. The van der Waals surface area contributed by atoms with Crippen molar-refractivity contribution in [1.82, 2.24) is 19.4 Å². The lowest BCUT2D eigenvalue weighted by molar-refractivity contribution is 0.217. The molecule has 0 aliphatic heterocycles. The zero-order valence-corrected chi connectivity index (χ0v) is 18.4. The Labute approximate surface area is 188 Å². The van der Waals surface area contributed by atoms with Gasteiger partial charge in [0.25, 0.3) is 0 Å². The third-order valence-corrected chi connectivity index (χ3v) is 5.47. The van der Waals surface area contributed by atoms with E-state index in [2.05, 4.69) is 20.6 Å². The van der Waals surface area contributed by atoms with Gasteiger partial charge in [-0.2, -0.15) is 0 Å². The number of benzene rings is 1. The number of urea groups is 1. The lowest BCUT2D eigenvalue weighted by Gasteiger charge is -2.18. The summed E-state index contributed by atoms with van der Waals surface area (Å²) in [6, 6.07) is 10.2. The normalized spacial score (nSPS) is 10.7. The lowest BCUT2D eigenvalue weighted by atomic mass is 10.2. The highest BCUT2D eigenvalue weighted by atomic mass is 32.1. The van der Waals surface area contributed by atoms with E-state index in [0.29, 0.717) is 35.5 Å². The van der Waals surface area contributed by atoms with Crippen molar-refractivity contribution < 1.29 is 14.3 Å². The number of anilines is 2. The van der Waals surface area contributed by atoms with Crippen LogP contribution in [0.4, 0.5) is 20.5 Å². The van der Waals surface area contributed by atoms with E-state index in [4.69, 9.17) is 4.74 Å². The van der Waals surface area contributed by atoms with Gasteiger partial charge in [-0.25, -0.2) is 19.6 Å². The summed E-state index contributed by atoms with van der Waals surface area (Å²) in [4.78, 5) is 34.7. The van der Waals surface area contributed by atoms with Crippen LogP contribution in [-0.2, 0) is 0 Å². The molecular formula is C22H22N6O3S. The molecule has 2 N–H and O–H groups in total. The molecule has 0 radical (unpaired) electrons. The molecule has 0 aliphatic rings. The maximum absolute atomic E-state index is 12.5. The standard InChI is InChI=1S/C22H22N6O3S/c1-3-27(4-2)21(29)25-19-14-17(7-9-23-19)31-16-5-6-18-15(13-16)8-11-28(18)22(30)26-20-24-10-12-32-20/h5-14H,3-4H2,1-2H3,(H,23,25,29)(H,24,26,30). The highest BCUT2D eigenvalue weighted by Crippen LogP contribution is 2.27. The van der Waals surface area contributed by atoms with Crippen LogP contribution in [0, 0.1) is 0 Å². The lowest BCUT2D eigenvalue weighted by Crippen LogP contribution is -2.34. The van der Waals surface area contributed by atoms with Crippen LogP contribution < -0.4 is 15.4 Å². The molecule has 164 valence electrons. The van der Waals surface area contributed by atoms with Crippen molar-refractivity contribution >= 4 is 45.3 Å². The van der Waals surface area contributed by atoms with Crippen molar-refractivity contribution in [2.45, 2.75) is 13.8 Å². The van der Waals surface area contributed by atoms with Crippen molar-refractivity contribution in [2.75, 3.05) is 23.7 Å². The predicted molar refractivity (Wildman–Crippen MR) is 125 cm³/mol. The molecule has 10 heteroatoms. The highest BCUT2D eigenvalue weighted by molar-refractivity contribution is 7.13. The summed E-state index contributed by atoms with van der Waals surface area (Å²) in [7, 11) is 0. The minimum atomic E-state index is -0.286. The molecule has 32 heavy (non-hydrogen) atoms. The van der Waals surface area contributed by atoms with Crippen molar-refractivity contribution in [1.29, 1.82) is 0 Å². The zero-order chi connectivity index (χ0) is 22.5. The van der Waals surface area contributed by atoms with Gasteiger partial charge in [0.15, 0.2) is 5.13 Å². The molecule has 0 fully saturated rings. The third kappa shape index (κ3) is 4.70. The monoisotopic (exact) mass is 450 g/mol. The van der Waals surface area contributed by atoms with Crippen molar-refractivity contribution in [3.8, 4) is 11.5 Å². The van der Waals surface area contributed by atoms with E-state index >= 15 is 0 Å². The van der Waals surface area contributed by atoms with Gasteiger partial charge in [0.2, 0.25) is 0 Å². The third-order valence-electron chi connectivity index (χ3n) is 4.78. The Morgan fingerprint density at radius 3 is 2.59 bits per heavy atom. The molecule has 0 saturated heterocycles. The molecule has 3 heterocycles. The second-order valence-corrected chi connectivity index (χ2v) is 7.65. The number of nitrogens with one attached hydrogen (secondary N) is 2. The van der Waals surface area contributed by atoms with E-state index in [1.165, 1.54) is 15.9 Å². The Balaban J connectivity index is 1.48. The second-order valence-electron chi connectivity index (χ2n) is 6.76. The number of amides is 3.